The van der Waals surface area contributed by atoms with Gasteiger partial charge in [0.15, 0.2) is 5.78 Å². The van der Waals surface area contributed by atoms with E-state index in [1.807, 2.05) is 299 Å². The maximum Gasteiger partial charge on any atom is 0.155 e. The SMILES string of the molecule is CC(=O)C=C(C)O.Cc1[c-]c(-c2ccc(-c3ccccc3)cn2)cc(C)c1.Cc1ccc(-c2[c-]cccc2)nc1.Cc1ccc(-c2ccnc(-c3[c-]cccc3)c2)cc1.Cc1cccnc1-c1[c-]cccc1.[2H]c1c([2H])c([2H])c(-c2ccc(-c3[c-]cccc3)nc2)c([2H])c1[2H].[Ir].[Ir].[Ir].[Ir].[Ir].[c-]1cc2oc3ccccc3c2cc1-c1ccccn1.[c-]1ccccc1-c1cc(-c2ccccc2)ccn1.[c-]1ccccc1-c1ccccn1. The fourth-order valence-electron chi connectivity index (χ4n) is 14.2. The maximum absolute atomic E-state index is 10.0. The number of aliphatic hydroxyl groups is 1. The van der Waals surface area contributed by atoms with Crippen LogP contribution < -0.4 is 0 Å². The van der Waals surface area contributed by atoms with Crippen molar-refractivity contribution < 1.29 is 122 Å². The Morgan fingerprint density at radius 3 is 1.13 bits per heavy atom. The normalized spacial score (nSPS) is 10.5. The average molecular weight is 2760 g/mol. The molecule has 0 atom stereocenters. The molecule has 13 aromatic carbocycles. The van der Waals surface area contributed by atoms with Gasteiger partial charge in [0.05, 0.1) is 18.2 Å². The van der Waals surface area contributed by atoms with Crippen molar-refractivity contribution >= 4 is 27.7 Å². The Morgan fingerprint density at radius 2 is 0.694 bits per heavy atom. The molecule has 5 radical (unpaired) electrons. The minimum Gasteiger partial charge on any atom is -0.512 e. The molecule has 144 heavy (non-hydrogen) atoms. The number of aliphatic hydroxyl groups excluding tert-OH is 1. The van der Waals surface area contributed by atoms with Crippen LogP contribution in [-0.4, -0.2) is 50.8 Å². The molecule has 1 N–H and O–H groups in total. The van der Waals surface area contributed by atoms with E-state index in [0.29, 0.717) is 11.3 Å². The number of hydrogen-bond acceptors (Lipinski definition) is 11. The van der Waals surface area contributed by atoms with Crippen molar-refractivity contribution in [3.05, 3.63) is 556 Å². The van der Waals surface area contributed by atoms with Crippen LogP contribution in [0.25, 0.3) is 157 Å². The number of fused-ring (bicyclic) bond motifs is 3. The van der Waals surface area contributed by atoms with Gasteiger partial charge in [-0.15, -0.1) is 274 Å². The standard InChI is InChI=1S/C19H16N.C18H14N.C17H10NO.2C17H12N.2C12H10N.C11H8N.C5H8O2.5Ir/c1-14-10-15(2)12-18(11-14)19-9-8-17(13-20-19)16-6-4-3-5-7-16;1-14-7-9-15(10-8-14)17-11-12-19-18(13-17)16-5-3-2-4-6-16;1-2-7-16-13(5-1)14-11-12(8-9-17(14)19-16)15-6-3-4-10-18-15;1-3-7-14(8-4-1)16-11-12-18-17(13-16)15-9-5-2-6-10-15;1-3-7-14(8-4-1)16-11-12-17(18-13-16)15-9-5-2-6-10-15;1-10-6-5-9-13-12(10)11-7-3-2-4-8-11;1-10-7-8-12(13-9-10)11-5-3-2-4-6-11;1-2-6-10(7-3-1)11-8-4-5-9-12-11;1-4(6)3-5(2)7;;;;;/h3-11,13H,1-2H3;2-5,7-13H,1H3;1-7,9-11H;2*1-9,11-13H;2-7,9H,1H3;2-5,7-9H,1H3;1-6,8-9H;3,6H,1-2H3;;;;;/q8*-1;;;;;;/i;;;;1D,3D,4D,7D,8D;;;;;;;;;. The summed E-state index contributed by atoms with van der Waals surface area (Å²) in [5.41, 5.74) is 31.1. The van der Waals surface area contributed by atoms with Crippen LogP contribution in [0.1, 0.15) is 48.5 Å². The first kappa shape index (κ1) is 105. The van der Waals surface area contributed by atoms with Crippen LogP contribution in [-0.2, 0) is 105 Å². The van der Waals surface area contributed by atoms with Crippen molar-refractivity contribution in [2.75, 3.05) is 0 Å². The zero-order valence-corrected chi connectivity index (χ0v) is 91.6. The molecule has 11 nitrogen and oxygen atoms in total. The van der Waals surface area contributed by atoms with Gasteiger partial charge < -0.3 is 49.4 Å². The Labute approximate surface area is 920 Å². The quantitative estimate of drug-likeness (QED) is 0.0666. The molecule has 0 aliphatic rings. The third-order valence-corrected chi connectivity index (χ3v) is 21.0. The Kier molecular flexibility index (Phi) is 44.2. The Balaban J connectivity index is 0.000000188. The number of hydrogen-bond donors (Lipinski definition) is 1. The van der Waals surface area contributed by atoms with Crippen LogP contribution in [0.15, 0.2) is 484 Å². The molecule has 723 valence electrons. The molecular formula is C128H100Ir5N8O3-8. The summed E-state index contributed by atoms with van der Waals surface area (Å²) in [6.07, 6.45) is 15.6. The Morgan fingerprint density at radius 1 is 0.292 bits per heavy atom. The predicted molar refractivity (Wildman–Crippen MR) is 568 cm³/mol. The van der Waals surface area contributed by atoms with Crippen molar-refractivity contribution in [3.8, 4) is 135 Å². The molecule has 0 aliphatic carbocycles. The molecule has 9 aromatic heterocycles. The number of pyridine rings is 8. The third-order valence-electron chi connectivity index (χ3n) is 21.0. The van der Waals surface area contributed by atoms with Gasteiger partial charge in [-0.25, -0.2) is 0 Å². The van der Waals surface area contributed by atoms with Crippen LogP contribution in [0.2, 0.25) is 0 Å². The number of carbonyl (C=O) groups is 1. The van der Waals surface area contributed by atoms with Crippen LogP contribution in [0.4, 0.5) is 0 Å². The van der Waals surface area contributed by atoms with Crippen LogP contribution in [0.3, 0.4) is 0 Å². The summed E-state index contributed by atoms with van der Waals surface area (Å²) in [6, 6.07) is 152. The van der Waals surface area contributed by atoms with Crippen molar-refractivity contribution in [1.82, 2.24) is 39.9 Å². The number of carbonyl (C=O) groups excluding carboxylic acids is 1. The van der Waals surface area contributed by atoms with Gasteiger partial charge >= 0.3 is 0 Å². The second-order valence-corrected chi connectivity index (χ2v) is 31.7. The van der Waals surface area contributed by atoms with Gasteiger partial charge in [-0.1, -0.05) is 243 Å². The van der Waals surface area contributed by atoms with E-state index < -0.39 is 6.04 Å². The van der Waals surface area contributed by atoms with E-state index in [1.165, 1.54) is 76.2 Å². The van der Waals surface area contributed by atoms with E-state index in [4.69, 9.17) is 16.4 Å². The van der Waals surface area contributed by atoms with Crippen LogP contribution >= 0.6 is 0 Å². The van der Waals surface area contributed by atoms with Gasteiger partial charge in [0, 0.05) is 162 Å². The van der Waals surface area contributed by atoms with E-state index in [2.05, 4.69) is 225 Å². The molecule has 0 fully saturated rings. The van der Waals surface area contributed by atoms with Crippen molar-refractivity contribution in [3.63, 3.8) is 0 Å². The number of furan rings is 1. The van der Waals surface area contributed by atoms with E-state index >= 15 is 0 Å². The molecule has 22 aromatic rings. The van der Waals surface area contributed by atoms with Crippen molar-refractivity contribution in [2.45, 2.75) is 48.5 Å². The number of ketones is 1. The number of allylic oxidation sites excluding steroid dienone is 2. The number of aromatic nitrogens is 8. The molecule has 9 heterocycles. The molecule has 16 heteroatoms. The van der Waals surface area contributed by atoms with E-state index in [-0.39, 0.29) is 142 Å². The zero-order chi connectivity index (χ0) is 101. The summed E-state index contributed by atoms with van der Waals surface area (Å²) in [6.45, 7) is 13.2. The van der Waals surface area contributed by atoms with Gasteiger partial charge in [-0.2, -0.15) is 0 Å². The summed E-state index contributed by atoms with van der Waals surface area (Å²) in [4.78, 5) is 45.0. The first-order valence-electron chi connectivity index (χ1n) is 47.5. The topological polar surface area (TPSA) is 154 Å². The van der Waals surface area contributed by atoms with Gasteiger partial charge in [0.1, 0.15) is 5.58 Å². The third kappa shape index (κ3) is 35.2. The molecule has 0 saturated heterocycles. The predicted octanol–water partition coefficient (Wildman–Crippen LogP) is 31.5. The fourth-order valence-corrected chi connectivity index (χ4v) is 14.2. The molecule has 0 unspecified atom stereocenters. The van der Waals surface area contributed by atoms with Gasteiger partial charge in [-0.05, 0) is 167 Å². The van der Waals surface area contributed by atoms with Crippen molar-refractivity contribution in [1.29, 1.82) is 0 Å². The van der Waals surface area contributed by atoms with Gasteiger partial charge in [0.25, 0.3) is 0 Å². The molecule has 0 spiro atoms. The van der Waals surface area contributed by atoms with Crippen molar-refractivity contribution in [2.24, 2.45) is 0 Å². The monoisotopic (exact) mass is 2770 g/mol. The molecule has 22 rings (SSSR count). The first-order valence-corrected chi connectivity index (χ1v) is 45.0. The summed E-state index contributed by atoms with van der Waals surface area (Å²) in [7, 11) is 0. The molecule has 0 amide bonds. The number of benzene rings is 13. The number of para-hydroxylation sites is 1. The fraction of sp³-hybridized carbons (Fsp3) is 0.0547. The smallest absolute Gasteiger partial charge is 0.155 e. The van der Waals surface area contributed by atoms with Gasteiger partial charge in [-0.3, -0.25) is 4.79 Å². The Hall–Kier alpha value is -14.7. The maximum atomic E-state index is 10.0. The largest absolute Gasteiger partial charge is 0.512 e. The molecular weight excluding hydrogens is 2660 g/mol. The minimum atomic E-state index is -0.396. The number of aryl methyl sites for hydroxylation is 5. The van der Waals surface area contributed by atoms with E-state index in [9.17, 15) is 4.79 Å². The number of nitrogens with zero attached hydrogens (tertiary/aromatic N) is 8. The second-order valence-electron chi connectivity index (χ2n) is 31.7. The second kappa shape index (κ2) is 60.6. The molecule has 0 saturated carbocycles. The first-order chi connectivity index (χ1) is 70.2. The van der Waals surface area contributed by atoms with Gasteiger partial charge in [0.2, 0.25) is 0 Å². The Bertz CT molecular complexity index is 7720. The van der Waals surface area contributed by atoms with E-state index in [0.717, 1.165) is 117 Å². The summed E-state index contributed by atoms with van der Waals surface area (Å²) >= 11 is 0. The van der Waals surface area contributed by atoms with Crippen LogP contribution in [0, 0.1) is 83.1 Å². The summed E-state index contributed by atoms with van der Waals surface area (Å²) < 4.78 is 44.8. The summed E-state index contributed by atoms with van der Waals surface area (Å²) in [5, 5.41) is 10.6. The zero-order valence-electron chi connectivity index (χ0n) is 84.7. The summed E-state index contributed by atoms with van der Waals surface area (Å²) in [5.74, 6) is -0.0625. The molecule has 0 aliphatic heterocycles. The average Bonchev–Trinajstić information content (AvgIpc) is 1.66. The van der Waals surface area contributed by atoms with E-state index in [1.54, 1.807) is 30.6 Å². The van der Waals surface area contributed by atoms with Crippen LogP contribution in [0.5, 0.6) is 0 Å². The number of rotatable bonds is 13. The minimum absolute atomic E-state index is 0. The molecule has 0 bridgehead atoms.